The van der Waals surface area contributed by atoms with Gasteiger partial charge in [0.25, 0.3) is 0 Å². The zero-order chi connectivity index (χ0) is 17.1. The maximum absolute atomic E-state index is 11.8. The highest BCUT2D eigenvalue weighted by atomic mass is 16.6. The highest BCUT2D eigenvalue weighted by Crippen LogP contribution is 2.30. The fourth-order valence-electron chi connectivity index (χ4n) is 2.51. The zero-order valence-corrected chi connectivity index (χ0v) is 13.9. The number of rotatable bonds is 4. The van der Waals surface area contributed by atoms with Crippen LogP contribution in [0.3, 0.4) is 0 Å². The molecule has 3 N–H and O–H groups in total. The number of hydrogen-bond acceptors (Lipinski definition) is 4. The van der Waals surface area contributed by atoms with E-state index in [0.29, 0.717) is 5.69 Å². The topological polar surface area (TPSA) is 79.0 Å². The number of aromatic amines is 1. The number of hydrogen-bond donors (Lipinski definition) is 3. The molecule has 1 aromatic carbocycles. The predicted molar refractivity (Wildman–Crippen MR) is 96.3 cm³/mol. The molecule has 24 heavy (non-hydrogen) atoms. The maximum Gasteiger partial charge on any atom is 0.411 e. The van der Waals surface area contributed by atoms with E-state index in [1.54, 1.807) is 20.0 Å². The van der Waals surface area contributed by atoms with Crippen molar-refractivity contribution in [2.75, 3.05) is 17.7 Å². The fraction of sp³-hybridized carbons (Fsp3) is 0.222. The molecule has 2 aromatic heterocycles. The van der Waals surface area contributed by atoms with Gasteiger partial charge in [-0.25, -0.2) is 9.78 Å². The first-order valence-electron chi connectivity index (χ1n) is 7.80. The molecule has 0 fully saturated rings. The first kappa shape index (κ1) is 15.9. The van der Waals surface area contributed by atoms with Crippen LogP contribution in [-0.2, 0) is 4.74 Å². The standard InChI is InChI=1S/C18H20N4O2/c1-11(2)24-18(23)22-14-8-15-16(10-21-17(15)20-9-14)12-5-4-6-13(7-12)19-3/h4-11,19H,1-3H3,(H,20,21)(H,22,23). The minimum absolute atomic E-state index is 0.172. The molecule has 6 heteroatoms. The molecule has 0 aliphatic heterocycles. The van der Waals surface area contributed by atoms with Crippen molar-refractivity contribution < 1.29 is 9.53 Å². The van der Waals surface area contributed by atoms with Crippen LogP contribution in [0.4, 0.5) is 16.2 Å². The Bertz CT molecular complexity index is 870. The molecule has 0 bridgehead atoms. The smallest absolute Gasteiger partial charge is 0.411 e. The Balaban J connectivity index is 1.95. The Morgan fingerprint density at radius 1 is 1.25 bits per heavy atom. The van der Waals surface area contributed by atoms with Gasteiger partial charge in [-0.2, -0.15) is 0 Å². The van der Waals surface area contributed by atoms with Gasteiger partial charge in [-0.3, -0.25) is 5.32 Å². The van der Waals surface area contributed by atoms with Crippen LogP contribution < -0.4 is 10.6 Å². The molecule has 0 radical (unpaired) electrons. The number of nitrogens with one attached hydrogen (secondary N) is 3. The first-order valence-corrected chi connectivity index (χ1v) is 7.80. The molecule has 0 saturated carbocycles. The maximum atomic E-state index is 11.8. The summed E-state index contributed by atoms with van der Waals surface area (Å²) in [5.74, 6) is 0. The van der Waals surface area contributed by atoms with Crippen molar-refractivity contribution in [3.8, 4) is 11.1 Å². The fourth-order valence-corrected chi connectivity index (χ4v) is 2.51. The number of carbonyl (C=O) groups is 1. The van der Waals surface area contributed by atoms with Crippen LogP contribution in [0, 0.1) is 0 Å². The SMILES string of the molecule is CNc1cccc(-c2c[nH]c3ncc(NC(=O)OC(C)C)cc23)c1. The average Bonchev–Trinajstić information content (AvgIpc) is 2.97. The summed E-state index contributed by atoms with van der Waals surface area (Å²) in [7, 11) is 1.89. The summed E-state index contributed by atoms with van der Waals surface area (Å²) in [6.45, 7) is 3.61. The molecule has 0 aliphatic carbocycles. The predicted octanol–water partition coefficient (Wildman–Crippen LogP) is 4.23. The Labute approximate surface area is 140 Å². The monoisotopic (exact) mass is 324 g/mol. The van der Waals surface area contributed by atoms with Gasteiger partial charge in [0.2, 0.25) is 0 Å². The van der Waals surface area contributed by atoms with E-state index >= 15 is 0 Å². The number of benzene rings is 1. The zero-order valence-electron chi connectivity index (χ0n) is 13.9. The van der Waals surface area contributed by atoms with Crippen LogP contribution in [0.2, 0.25) is 0 Å². The van der Waals surface area contributed by atoms with Crippen molar-refractivity contribution >= 4 is 28.5 Å². The second-order valence-electron chi connectivity index (χ2n) is 5.73. The number of fused-ring (bicyclic) bond motifs is 1. The van der Waals surface area contributed by atoms with Crippen molar-refractivity contribution in [2.24, 2.45) is 0 Å². The third kappa shape index (κ3) is 3.32. The number of anilines is 2. The summed E-state index contributed by atoms with van der Waals surface area (Å²) in [5, 5.41) is 6.78. The van der Waals surface area contributed by atoms with Crippen molar-refractivity contribution in [2.45, 2.75) is 20.0 Å². The van der Waals surface area contributed by atoms with E-state index in [9.17, 15) is 4.79 Å². The second kappa shape index (κ2) is 6.62. The minimum atomic E-state index is -0.486. The Hall–Kier alpha value is -3.02. The number of aromatic nitrogens is 2. The first-order chi connectivity index (χ1) is 11.6. The lowest BCUT2D eigenvalue weighted by Gasteiger charge is -2.09. The highest BCUT2D eigenvalue weighted by Gasteiger charge is 2.11. The van der Waals surface area contributed by atoms with Crippen LogP contribution in [0.25, 0.3) is 22.2 Å². The molecule has 6 nitrogen and oxygen atoms in total. The summed E-state index contributed by atoms with van der Waals surface area (Å²) in [6.07, 6.45) is 2.87. The van der Waals surface area contributed by atoms with Gasteiger partial charge in [-0.15, -0.1) is 0 Å². The minimum Gasteiger partial charge on any atom is -0.447 e. The summed E-state index contributed by atoms with van der Waals surface area (Å²) in [6, 6.07) is 10.00. The van der Waals surface area contributed by atoms with E-state index < -0.39 is 6.09 Å². The molecule has 2 heterocycles. The van der Waals surface area contributed by atoms with Gasteiger partial charge in [-0.1, -0.05) is 12.1 Å². The number of carbonyl (C=O) groups excluding carboxylic acids is 1. The Kier molecular flexibility index (Phi) is 4.37. The largest absolute Gasteiger partial charge is 0.447 e. The van der Waals surface area contributed by atoms with Gasteiger partial charge < -0.3 is 15.0 Å². The third-order valence-electron chi connectivity index (χ3n) is 3.58. The van der Waals surface area contributed by atoms with Gasteiger partial charge in [0.05, 0.1) is 18.0 Å². The van der Waals surface area contributed by atoms with E-state index in [-0.39, 0.29) is 6.10 Å². The number of H-pyrrole nitrogens is 1. The van der Waals surface area contributed by atoms with Crippen LogP contribution in [-0.4, -0.2) is 29.2 Å². The van der Waals surface area contributed by atoms with Gasteiger partial charge in [-0.05, 0) is 37.6 Å². The van der Waals surface area contributed by atoms with Crippen LogP contribution in [0.1, 0.15) is 13.8 Å². The summed E-state index contributed by atoms with van der Waals surface area (Å²) in [5.41, 5.74) is 4.48. The molecular weight excluding hydrogens is 304 g/mol. The van der Waals surface area contributed by atoms with Gasteiger partial charge in [0.1, 0.15) is 5.65 Å². The third-order valence-corrected chi connectivity index (χ3v) is 3.58. The van der Waals surface area contributed by atoms with E-state index in [4.69, 9.17) is 4.74 Å². The second-order valence-corrected chi connectivity index (χ2v) is 5.73. The van der Waals surface area contributed by atoms with E-state index in [0.717, 1.165) is 27.8 Å². The lowest BCUT2D eigenvalue weighted by molar-refractivity contribution is 0.130. The van der Waals surface area contributed by atoms with Crippen molar-refractivity contribution in [1.82, 2.24) is 9.97 Å². The van der Waals surface area contributed by atoms with Crippen LogP contribution in [0.5, 0.6) is 0 Å². The molecule has 0 atom stereocenters. The lowest BCUT2D eigenvalue weighted by atomic mass is 10.1. The molecule has 3 rings (SSSR count). The molecular formula is C18H20N4O2. The van der Waals surface area contributed by atoms with E-state index in [1.165, 1.54) is 0 Å². The van der Waals surface area contributed by atoms with Crippen LogP contribution in [0.15, 0.2) is 42.7 Å². The summed E-state index contributed by atoms with van der Waals surface area (Å²) < 4.78 is 5.10. The molecule has 0 unspecified atom stereocenters. The molecule has 124 valence electrons. The van der Waals surface area contributed by atoms with Crippen molar-refractivity contribution in [3.05, 3.63) is 42.7 Å². The normalized spacial score (nSPS) is 10.8. The van der Waals surface area contributed by atoms with Crippen molar-refractivity contribution in [3.63, 3.8) is 0 Å². The highest BCUT2D eigenvalue weighted by molar-refractivity contribution is 5.97. The average molecular weight is 324 g/mol. The summed E-state index contributed by atoms with van der Waals surface area (Å²) in [4.78, 5) is 19.3. The quantitative estimate of drug-likeness (QED) is 0.671. The van der Waals surface area contributed by atoms with E-state index in [1.807, 2.05) is 37.5 Å². The van der Waals surface area contributed by atoms with Crippen molar-refractivity contribution in [1.29, 1.82) is 0 Å². The molecule has 3 aromatic rings. The molecule has 0 aliphatic rings. The lowest BCUT2D eigenvalue weighted by Crippen LogP contribution is -2.18. The summed E-state index contributed by atoms with van der Waals surface area (Å²) >= 11 is 0. The van der Waals surface area contributed by atoms with Crippen LogP contribution >= 0.6 is 0 Å². The van der Waals surface area contributed by atoms with Gasteiger partial charge in [0.15, 0.2) is 0 Å². The Morgan fingerprint density at radius 2 is 2.08 bits per heavy atom. The van der Waals surface area contributed by atoms with Gasteiger partial charge in [0, 0.05) is 29.9 Å². The number of amides is 1. The molecule has 0 spiro atoms. The van der Waals surface area contributed by atoms with Gasteiger partial charge >= 0.3 is 6.09 Å². The number of pyridine rings is 1. The number of ether oxygens (including phenoxy) is 1. The molecule has 1 amide bonds. The van der Waals surface area contributed by atoms with E-state index in [2.05, 4.69) is 26.7 Å². The number of nitrogens with zero attached hydrogens (tertiary/aromatic N) is 1. The molecule has 0 saturated heterocycles. The Morgan fingerprint density at radius 3 is 2.83 bits per heavy atom.